The summed E-state index contributed by atoms with van der Waals surface area (Å²) in [6.07, 6.45) is 0.567. The summed E-state index contributed by atoms with van der Waals surface area (Å²) in [7, 11) is 2.14. The van der Waals surface area contributed by atoms with Gasteiger partial charge in [0.2, 0.25) is 5.91 Å². The predicted molar refractivity (Wildman–Crippen MR) is 81.9 cm³/mol. The predicted octanol–water partition coefficient (Wildman–Crippen LogP) is 1.59. The quantitative estimate of drug-likeness (QED) is 0.896. The highest BCUT2D eigenvalue weighted by Gasteiger charge is 2.14. The first-order valence-corrected chi connectivity index (χ1v) is 7.43. The van der Waals surface area contributed by atoms with Gasteiger partial charge in [-0.2, -0.15) is 0 Å². The maximum Gasteiger partial charge on any atom is 0.221 e. The van der Waals surface area contributed by atoms with Crippen LogP contribution in [0, 0.1) is 0 Å². The molecule has 0 saturated carbocycles. The molecule has 0 unspecified atom stereocenters. The Balaban J connectivity index is 1.64. The van der Waals surface area contributed by atoms with Crippen LogP contribution in [-0.2, 0) is 11.3 Å². The van der Waals surface area contributed by atoms with Crippen molar-refractivity contribution in [3.63, 3.8) is 0 Å². The zero-order valence-electron chi connectivity index (χ0n) is 11.9. The van der Waals surface area contributed by atoms with E-state index in [0.29, 0.717) is 13.0 Å². The van der Waals surface area contributed by atoms with Gasteiger partial charge in [-0.15, -0.1) is 0 Å². The van der Waals surface area contributed by atoms with Crippen LogP contribution in [0.3, 0.4) is 0 Å². The average molecular weight is 296 g/mol. The van der Waals surface area contributed by atoms with Crippen LogP contribution >= 0.6 is 11.6 Å². The minimum absolute atomic E-state index is 0.110. The molecule has 1 N–H and O–H groups in total. The third kappa shape index (κ3) is 5.12. The molecule has 5 heteroatoms. The molecule has 2 rings (SSSR count). The molecule has 1 aliphatic heterocycles. The lowest BCUT2D eigenvalue weighted by atomic mass is 10.2. The van der Waals surface area contributed by atoms with Crippen molar-refractivity contribution in [2.45, 2.75) is 13.0 Å². The number of hydrogen-bond acceptors (Lipinski definition) is 3. The Morgan fingerprint density at radius 1 is 1.20 bits per heavy atom. The van der Waals surface area contributed by atoms with Gasteiger partial charge in [-0.3, -0.25) is 4.79 Å². The fourth-order valence-corrected chi connectivity index (χ4v) is 2.35. The summed E-state index contributed by atoms with van der Waals surface area (Å²) in [5, 5.41) is 3.67. The lowest BCUT2D eigenvalue weighted by Crippen LogP contribution is -2.45. The molecule has 1 heterocycles. The van der Waals surface area contributed by atoms with E-state index < -0.39 is 0 Å². The Bertz CT molecular complexity index is 427. The van der Waals surface area contributed by atoms with Gasteiger partial charge in [-0.05, 0) is 24.7 Å². The van der Waals surface area contributed by atoms with E-state index in [1.54, 1.807) is 0 Å². The van der Waals surface area contributed by atoms with Gasteiger partial charge in [0, 0.05) is 50.7 Å². The molecule has 1 aliphatic rings. The van der Waals surface area contributed by atoms with E-state index in [0.717, 1.165) is 43.3 Å². The van der Waals surface area contributed by atoms with Gasteiger partial charge in [0.25, 0.3) is 0 Å². The summed E-state index contributed by atoms with van der Waals surface area (Å²) >= 11 is 5.82. The minimum atomic E-state index is 0.110. The van der Waals surface area contributed by atoms with Crippen molar-refractivity contribution >= 4 is 17.5 Å². The number of hydrogen-bond donors (Lipinski definition) is 1. The topological polar surface area (TPSA) is 35.6 Å². The van der Waals surface area contributed by atoms with Crippen LogP contribution < -0.4 is 5.32 Å². The molecule has 0 aromatic heterocycles. The molecule has 1 aromatic carbocycles. The highest BCUT2D eigenvalue weighted by atomic mass is 35.5. The monoisotopic (exact) mass is 295 g/mol. The molecule has 0 spiro atoms. The van der Waals surface area contributed by atoms with E-state index in [2.05, 4.69) is 22.2 Å². The van der Waals surface area contributed by atoms with Crippen LogP contribution in [0.1, 0.15) is 12.0 Å². The highest BCUT2D eigenvalue weighted by molar-refractivity contribution is 6.30. The smallest absolute Gasteiger partial charge is 0.221 e. The highest BCUT2D eigenvalue weighted by Crippen LogP contribution is 2.09. The van der Waals surface area contributed by atoms with E-state index in [9.17, 15) is 4.79 Å². The Hall–Kier alpha value is -1.10. The van der Waals surface area contributed by atoms with Gasteiger partial charge in [-0.25, -0.2) is 0 Å². The summed E-state index contributed by atoms with van der Waals surface area (Å²) in [6.45, 7) is 5.71. The van der Waals surface area contributed by atoms with Crippen molar-refractivity contribution < 1.29 is 4.79 Å². The number of amides is 1. The Labute approximate surface area is 125 Å². The van der Waals surface area contributed by atoms with Crippen LogP contribution in [0.5, 0.6) is 0 Å². The van der Waals surface area contributed by atoms with Crippen molar-refractivity contribution in [3.8, 4) is 0 Å². The molecule has 20 heavy (non-hydrogen) atoms. The largest absolute Gasteiger partial charge is 0.352 e. The van der Waals surface area contributed by atoms with Crippen LogP contribution in [0.15, 0.2) is 24.3 Å². The van der Waals surface area contributed by atoms with Gasteiger partial charge < -0.3 is 15.1 Å². The zero-order chi connectivity index (χ0) is 14.4. The van der Waals surface area contributed by atoms with Gasteiger partial charge in [0.05, 0.1) is 0 Å². The van der Waals surface area contributed by atoms with Gasteiger partial charge in [-0.1, -0.05) is 23.7 Å². The summed E-state index contributed by atoms with van der Waals surface area (Å²) in [6, 6.07) is 7.55. The number of carbonyl (C=O) groups is 1. The fraction of sp³-hybridized carbons (Fsp3) is 0.533. The maximum absolute atomic E-state index is 11.8. The van der Waals surface area contributed by atoms with Gasteiger partial charge in [0.1, 0.15) is 0 Å². The molecule has 0 bridgehead atoms. The number of halogens is 1. The van der Waals surface area contributed by atoms with Gasteiger partial charge in [0.15, 0.2) is 0 Å². The van der Waals surface area contributed by atoms with Crippen molar-refractivity contribution in [2.24, 2.45) is 0 Å². The number of benzene rings is 1. The molecule has 1 amide bonds. The molecule has 110 valence electrons. The van der Waals surface area contributed by atoms with E-state index in [1.165, 1.54) is 0 Å². The van der Waals surface area contributed by atoms with E-state index in [4.69, 9.17) is 11.6 Å². The summed E-state index contributed by atoms with van der Waals surface area (Å²) in [5.74, 6) is 0.110. The van der Waals surface area contributed by atoms with E-state index >= 15 is 0 Å². The SMILES string of the molecule is CN1CCN(CCC(=O)NCc2ccc(Cl)cc2)CC1. The summed E-state index contributed by atoms with van der Waals surface area (Å²) < 4.78 is 0. The first-order valence-electron chi connectivity index (χ1n) is 7.05. The maximum atomic E-state index is 11.8. The Morgan fingerprint density at radius 3 is 2.50 bits per heavy atom. The standard InChI is InChI=1S/C15H22ClN3O/c1-18-8-10-19(11-9-18)7-6-15(20)17-12-13-2-4-14(16)5-3-13/h2-5H,6-12H2,1H3,(H,17,20). The van der Waals surface area contributed by atoms with Crippen LogP contribution in [0.4, 0.5) is 0 Å². The fourth-order valence-electron chi connectivity index (χ4n) is 2.22. The number of nitrogens with zero attached hydrogens (tertiary/aromatic N) is 2. The lowest BCUT2D eigenvalue weighted by molar-refractivity contribution is -0.121. The van der Waals surface area contributed by atoms with Crippen LogP contribution in [-0.4, -0.2) is 55.5 Å². The molecular formula is C15H22ClN3O. The van der Waals surface area contributed by atoms with Crippen LogP contribution in [0.25, 0.3) is 0 Å². The normalized spacial score (nSPS) is 17.1. The summed E-state index contributed by atoms with van der Waals surface area (Å²) in [5.41, 5.74) is 1.07. The second kappa shape index (κ2) is 7.62. The molecule has 1 aromatic rings. The average Bonchev–Trinajstić information content (AvgIpc) is 2.46. The van der Waals surface area contributed by atoms with Crippen molar-refractivity contribution in [3.05, 3.63) is 34.9 Å². The number of carbonyl (C=O) groups excluding carboxylic acids is 1. The second-order valence-corrected chi connectivity index (χ2v) is 5.73. The number of rotatable bonds is 5. The molecule has 0 radical (unpaired) electrons. The third-order valence-electron chi connectivity index (χ3n) is 3.65. The molecular weight excluding hydrogens is 274 g/mol. The van der Waals surface area contributed by atoms with Crippen LogP contribution in [0.2, 0.25) is 5.02 Å². The van der Waals surface area contributed by atoms with E-state index in [1.807, 2.05) is 24.3 Å². The zero-order valence-corrected chi connectivity index (χ0v) is 12.7. The number of likely N-dealkylation sites (N-methyl/N-ethyl adjacent to an activating group) is 1. The Kier molecular flexibility index (Phi) is 5.83. The lowest BCUT2D eigenvalue weighted by Gasteiger charge is -2.32. The molecule has 0 atom stereocenters. The van der Waals surface area contributed by atoms with Gasteiger partial charge >= 0.3 is 0 Å². The molecule has 1 saturated heterocycles. The van der Waals surface area contributed by atoms with Crippen molar-refractivity contribution in [1.29, 1.82) is 0 Å². The Morgan fingerprint density at radius 2 is 1.85 bits per heavy atom. The number of nitrogens with one attached hydrogen (secondary N) is 1. The minimum Gasteiger partial charge on any atom is -0.352 e. The van der Waals surface area contributed by atoms with E-state index in [-0.39, 0.29) is 5.91 Å². The second-order valence-electron chi connectivity index (χ2n) is 5.30. The molecule has 1 fully saturated rings. The number of piperazine rings is 1. The molecule has 4 nitrogen and oxygen atoms in total. The van der Waals surface area contributed by atoms with Crippen molar-refractivity contribution in [2.75, 3.05) is 39.8 Å². The first-order chi connectivity index (χ1) is 9.63. The first kappa shape index (κ1) is 15.3. The molecule has 0 aliphatic carbocycles. The van der Waals surface area contributed by atoms with Crippen molar-refractivity contribution in [1.82, 2.24) is 15.1 Å². The third-order valence-corrected chi connectivity index (χ3v) is 3.91. The summed E-state index contributed by atoms with van der Waals surface area (Å²) in [4.78, 5) is 16.5.